The van der Waals surface area contributed by atoms with Gasteiger partial charge in [0.1, 0.15) is 0 Å². The summed E-state index contributed by atoms with van der Waals surface area (Å²) in [5.41, 5.74) is 11.5. The van der Waals surface area contributed by atoms with E-state index in [1.807, 2.05) is 37.5 Å². The molecular weight excluding hydrogens is 368 g/mol. The first-order chi connectivity index (χ1) is 13.5. The number of nitrogens with zero attached hydrogens (tertiary/aromatic N) is 2. The predicted molar refractivity (Wildman–Crippen MR) is 117 cm³/mol. The lowest BCUT2D eigenvalue weighted by atomic mass is 9.80. The van der Waals surface area contributed by atoms with Crippen LogP contribution in [0.25, 0.3) is 0 Å². The maximum absolute atomic E-state index is 11.7. The quantitative estimate of drug-likeness (QED) is 0.717. The molecule has 2 aliphatic rings. The van der Waals surface area contributed by atoms with Crippen LogP contribution in [0.5, 0.6) is 0 Å². The van der Waals surface area contributed by atoms with Crippen LogP contribution in [-0.2, 0) is 14.3 Å². The Balaban J connectivity index is 0.000000291. The second kappa shape index (κ2) is 11.3. The molecule has 2 saturated heterocycles. The minimum absolute atomic E-state index is 0.0814. The summed E-state index contributed by atoms with van der Waals surface area (Å²) >= 11 is 0. The molecule has 170 valence electrons. The number of methoxy groups -OCH3 is 1. The largest absolute Gasteiger partial charge is 0.377 e. The van der Waals surface area contributed by atoms with Gasteiger partial charge in [-0.3, -0.25) is 9.59 Å². The van der Waals surface area contributed by atoms with E-state index in [-0.39, 0.29) is 34.7 Å². The van der Waals surface area contributed by atoms with Crippen LogP contribution in [0.3, 0.4) is 0 Å². The van der Waals surface area contributed by atoms with Crippen molar-refractivity contribution in [3.63, 3.8) is 0 Å². The summed E-state index contributed by atoms with van der Waals surface area (Å²) in [4.78, 5) is 27.3. The fourth-order valence-corrected chi connectivity index (χ4v) is 3.83. The molecule has 29 heavy (non-hydrogen) atoms. The monoisotopic (exact) mass is 412 g/mol. The molecule has 0 aromatic rings. The Hall–Kier alpha value is -1.18. The number of rotatable bonds is 5. The Bertz CT molecular complexity index is 514. The molecule has 0 radical (unpaired) electrons. The van der Waals surface area contributed by atoms with Gasteiger partial charge in [0.15, 0.2) is 0 Å². The zero-order chi connectivity index (χ0) is 22.2. The molecule has 7 nitrogen and oxygen atoms in total. The van der Waals surface area contributed by atoms with Crippen molar-refractivity contribution in [2.75, 3.05) is 46.4 Å². The van der Waals surface area contributed by atoms with Crippen molar-refractivity contribution < 1.29 is 14.3 Å². The van der Waals surface area contributed by atoms with Crippen LogP contribution in [0.2, 0.25) is 0 Å². The molecule has 2 fully saturated rings. The number of carbonyl (C=O) groups excluding carboxylic acids is 2. The van der Waals surface area contributed by atoms with Crippen molar-refractivity contribution in [1.82, 2.24) is 9.80 Å². The lowest BCUT2D eigenvalue weighted by Gasteiger charge is -2.40. The standard InChI is InChI=1S/C11H22N2O2.C11H22N2O/c1-9(2)10(14)13-6-4-11(8-12,15-3)5-7-13;1-9(2)10(14)13-6-4-11(3,8-12)5-7-13/h9H,4-8,12H2,1-3H3;9H,4-8,12H2,1-3H3. The van der Waals surface area contributed by atoms with Crippen molar-refractivity contribution in [1.29, 1.82) is 0 Å². The second-order valence-corrected chi connectivity index (χ2v) is 9.57. The van der Waals surface area contributed by atoms with Gasteiger partial charge in [0.2, 0.25) is 11.8 Å². The molecule has 4 N–H and O–H groups in total. The van der Waals surface area contributed by atoms with Crippen molar-refractivity contribution in [3.05, 3.63) is 0 Å². The van der Waals surface area contributed by atoms with Gasteiger partial charge in [-0.2, -0.15) is 0 Å². The van der Waals surface area contributed by atoms with E-state index in [9.17, 15) is 9.59 Å². The first-order valence-corrected chi connectivity index (χ1v) is 11.1. The molecule has 0 spiro atoms. The van der Waals surface area contributed by atoms with E-state index in [1.165, 1.54) is 0 Å². The Morgan fingerprint density at radius 3 is 1.48 bits per heavy atom. The number of likely N-dealkylation sites (tertiary alicyclic amines) is 2. The fourth-order valence-electron chi connectivity index (χ4n) is 3.83. The summed E-state index contributed by atoms with van der Waals surface area (Å²) < 4.78 is 5.45. The number of hydrogen-bond donors (Lipinski definition) is 2. The lowest BCUT2D eigenvalue weighted by molar-refractivity contribution is -0.139. The highest BCUT2D eigenvalue weighted by Crippen LogP contribution is 2.30. The summed E-state index contributed by atoms with van der Waals surface area (Å²) in [6.07, 6.45) is 3.78. The summed E-state index contributed by atoms with van der Waals surface area (Å²) in [7, 11) is 1.70. The van der Waals surface area contributed by atoms with Crippen LogP contribution >= 0.6 is 0 Å². The van der Waals surface area contributed by atoms with E-state index in [0.717, 1.165) is 58.4 Å². The third-order valence-corrected chi connectivity index (χ3v) is 6.55. The number of nitrogens with two attached hydrogens (primary N) is 2. The van der Waals surface area contributed by atoms with Crippen LogP contribution in [0.1, 0.15) is 60.3 Å². The molecule has 0 unspecified atom stereocenters. The first kappa shape index (κ1) is 25.9. The lowest BCUT2D eigenvalue weighted by Crippen LogP contribution is -2.52. The van der Waals surface area contributed by atoms with Gasteiger partial charge >= 0.3 is 0 Å². The number of amides is 2. The van der Waals surface area contributed by atoms with E-state index in [4.69, 9.17) is 16.2 Å². The zero-order valence-corrected chi connectivity index (χ0v) is 19.5. The Morgan fingerprint density at radius 1 is 0.828 bits per heavy atom. The fraction of sp³-hybridized carbons (Fsp3) is 0.909. The van der Waals surface area contributed by atoms with E-state index < -0.39 is 0 Å². The van der Waals surface area contributed by atoms with E-state index in [0.29, 0.717) is 6.54 Å². The Labute approximate surface area is 177 Å². The third-order valence-electron chi connectivity index (χ3n) is 6.55. The smallest absolute Gasteiger partial charge is 0.225 e. The van der Waals surface area contributed by atoms with Crippen LogP contribution in [-0.4, -0.2) is 73.6 Å². The van der Waals surface area contributed by atoms with Gasteiger partial charge in [0, 0.05) is 51.7 Å². The Morgan fingerprint density at radius 2 is 1.21 bits per heavy atom. The highest BCUT2D eigenvalue weighted by Gasteiger charge is 2.35. The summed E-state index contributed by atoms with van der Waals surface area (Å²) in [5.74, 6) is 0.718. The minimum Gasteiger partial charge on any atom is -0.377 e. The second-order valence-electron chi connectivity index (χ2n) is 9.57. The number of ether oxygens (including phenoxy) is 1. The molecule has 7 heteroatoms. The van der Waals surface area contributed by atoms with Gasteiger partial charge in [-0.25, -0.2) is 0 Å². The molecule has 2 rings (SSSR count). The summed E-state index contributed by atoms with van der Waals surface area (Å²) in [6.45, 7) is 14.6. The predicted octanol–water partition coefficient (Wildman–Crippen LogP) is 1.84. The number of carbonyl (C=O) groups is 2. The SMILES string of the molecule is CC(C)C(=O)N1CCC(C)(CN)CC1.COC1(CN)CCN(C(=O)C(C)C)CC1. The minimum atomic E-state index is -0.201. The highest BCUT2D eigenvalue weighted by atomic mass is 16.5. The third kappa shape index (κ3) is 7.23. The van der Waals surface area contributed by atoms with Gasteiger partial charge in [0.25, 0.3) is 0 Å². The molecule has 0 saturated carbocycles. The van der Waals surface area contributed by atoms with Crippen LogP contribution in [0, 0.1) is 17.3 Å². The van der Waals surface area contributed by atoms with Crippen LogP contribution in [0.4, 0.5) is 0 Å². The van der Waals surface area contributed by atoms with E-state index >= 15 is 0 Å². The van der Waals surface area contributed by atoms with Crippen molar-refractivity contribution in [3.8, 4) is 0 Å². The van der Waals surface area contributed by atoms with Gasteiger partial charge in [-0.05, 0) is 37.6 Å². The Kier molecular flexibility index (Phi) is 10.1. The van der Waals surface area contributed by atoms with Crippen molar-refractivity contribution in [2.24, 2.45) is 28.7 Å². The van der Waals surface area contributed by atoms with Crippen molar-refractivity contribution >= 4 is 11.8 Å². The van der Waals surface area contributed by atoms with Gasteiger partial charge in [-0.1, -0.05) is 34.6 Å². The maximum Gasteiger partial charge on any atom is 0.225 e. The van der Waals surface area contributed by atoms with Gasteiger partial charge in [0.05, 0.1) is 5.60 Å². The summed E-state index contributed by atoms with van der Waals surface area (Å²) in [5, 5.41) is 0. The molecule has 0 bridgehead atoms. The zero-order valence-electron chi connectivity index (χ0n) is 19.5. The number of hydrogen-bond acceptors (Lipinski definition) is 5. The molecule has 2 amide bonds. The molecular formula is C22H44N4O3. The van der Waals surface area contributed by atoms with Gasteiger partial charge < -0.3 is 26.0 Å². The normalized spacial score (nSPS) is 21.0. The van der Waals surface area contributed by atoms with Gasteiger partial charge in [-0.15, -0.1) is 0 Å². The van der Waals surface area contributed by atoms with Crippen LogP contribution < -0.4 is 11.5 Å². The average Bonchev–Trinajstić information content (AvgIpc) is 2.73. The average molecular weight is 413 g/mol. The molecule has 0 aromatic carbocycles. The molecule has 0 atom stereocenters. The van der Waals surface area contributed by atoms with E-state index in [1.54, 1.807) is 7.11 Å². The maximum atomic E-state index is 11.7. The molecule has 0 aliphatic carbocycles. The molecule has 2 aliphatic heterocycles. The first-order valence-electron chi connectivity index (χ1n) is 11.1. The number of piperidine rings is 2. The summed E-state index contributed by atoms with van der Waals surface area (Å²) in [6, 6.07) is 0. The van der Waals surface area contributed by atoms with Crippen molar-refractivity contribution in [2.45, 2.75) is 65.9 Å². The molecule has 0 aromatic heterocycles. The van der Waals surface area contributed by atoms with Crippen LogP contribution in [0.15, 0.2) is 0 Å². The highest BCUT2D eigenvalue weighted by molar-refractivity contribution is 5.78. The molecule has 2 heterocycles. The van der Waals surface area contributed by atoms with E-state index in [2.05, 4.69) is 6.92 Å². The topological polar surface area (TPSA) is 102 Å².